The van der Waals surface area contributed by atoms with Gasteiger partial charge in [0.05, 0.1) is 11.3 Å². The van der Waals surface area contributed by atoms with E-state index in [2.05, 4.69) is 5.32 Å². The highest BCUT2D eigenvalue weighted by Gasteiger charge is 2.24. The van der Waals surface area contributed by atoms with Crippen LogP contribution in [0.4, 0.5) is 10.5 Å². The summed E-state index contributed by atoms with van der Waals surface area (Å²) in [5.41, 5.74) is 4.31. The maximum Gasteiger partial charge on any atom is 0.321 e. The zero-order chi connectivity index (χ0) is 19.4. The molecule has 1 heterocycles. The first-order chi connectivity index (χ1) is 13.0. The first-order valence-electron chi connectivity index (χ1n) is 9.43. The van der Waals surface area contributed by atoms with Crippen LogP contribution in [-0.2, 0) is 6.54 Å². The molecule has 5 heteroatoms. The summed E-state index contributed by atoms with van der Waals surface area (Å²) >= 11 is 0. The van der Waals surface area contributed by atoms with Crippen molar-refractivity contribution >= 4 is 17.6 Å². The van der Waals surface area contributed by atoms with E-state index in [0.29, 0.717) is 17.8 Å². The van der Waals surface area contributed by atoms with Gasteiger partial charge in [0.15, 0.2) is 0 Å². The minimum atomic E-state index is -0.223. The van der Waals surface area contributed by atoms with Crippen LogP contribution in [0.25, 0.3) is 0 Å². The van der Waals surface area contributed by atoms with Gasteiger partial charge in [-0.25, -0.2) is 4.79 Å². The molecule has 1 aliphatic rings. The van der Waals surface area contributed by atoms with Crippen molar-refractivity contribution in [3.63, 3.8) is 0 Å². The molecule has 2 aromatic carbocycles. The quantitative estimate of drug-likeness (QED) is 0.883. The molecule has 1 aliphatic heterocycles. The van der Waals surface area contributed by atoms with Crippen LogP contribution in [-0.4, -0.2) is 41.9 Å². The van der Waals surface area contributed by atoms with E-state index in [1.54, 1.807) is 18.0 Å². The Balaban J connectivity index is 1.76. The Morgan fingerprint density at radius 3 is 2.37 bits per heavy atom. The van der Waals surface area contributed by atoms with E-state index in [1.807, 2.05) is 55.1 Å². The van der Waals surface area contributed by atoms with Crippen LogP contribution in [0.15, 0.2) is 42.5 Å². The highest BCUT2D eigenvalue weighted by molar-refractivity contribution is 6.04. The Kier molecular flexibility index (Phi) is 5.79. The number of benzene rings is 2. The average Bonchev–Trinajstić information content (AvgIpc) is 3.18. The molecular weight excluding hydrogens is 338 g/mol. The standard InChI is InChI=1S/C22H27N3O2/c1-16-9-4-5-11-18(16)15-24(3)22(27)23-19-12-8-10-17(2)20(19)21(26)25-13-6-7-14-25/h4-5,8-12H,6-7,13-15H2,1-3H3,(H,23,27). The SMILES string of the molecule is Cc1ccccc1CN(C)C(=O)Nc1cccc(C)c1C(=O)N1CCCC1. The summed E-state index contributed by atoms with van der Waals surface area (Å²) in [4.78, 5) is 29.2. The topological polar surface area (TPSA) is 52.7 Å². The molecule has 1 N–H and O–H groups in total. The summed E-state index contributed by atoms with van der Waals surface area (Å²) in [6, 6.07) is 13.4. The zero-order valence-electron chi connectivity index (χ0n) is 16.3. The molecule has 0 aromatic heterocycles. The number of hydrogen-bond acceptors (Lipinski definition) is 2. The van der Waals surface area contributed by atoms with Gasteiger partial charge in [-0.2, -0.15) is 0 Å². The minimum absolute atomic E-state index is 0.00227. The fourth-order valence-corrected chi connectivity index (χ4v) is 3.46. The second-order valence-corrected chi connectivity index (χ2v) is 7.21. The molecule has 0 aliphatic carbocycles. The minimum Gasteiger partial charge on any atom is -0.339 e. The molecule has 0 radical (unpaired) electrons. The number of nitrogens with zero attached hydrogens (tertiary/aromatic N) is 2. The van der Waals surface area contributed by atoms with Gasteiger partial charge in [0, 0.05) is 26.7 Å². The number of carbonyl (C=O) groups is 2. The second-order valence-electron chi connectivity index (χ2n) is 7.21. The fraction of sp³-hybridized carbons (Fsp3) is 0.364. The van der Waals surface area contributed by atoms with E-state index < -0.39 is 0 Å². The first kappa shape index (κ1) is 19.0. The van der Waals surface area contributed by atoms with Crippen molar-refractivity contribution in [3.05, 3.63) is 64.7 Å². The normalized spacial score (nSPS) is 13.5. The van der Waals surface area contributed by atoms with E-state index >= 15 is 0 Å². The lowest BCUT2D eigenvalue weighted by Crippen LogP contribution is -2.33. The average molecular weight is 365 g/mol. The number of rotatable bonds is 4. The van der Waals surface area contributed by atoms with Crippen molar-refractivity contribution in [2.45, 2.75) is 33.2 Å². The third-order valence-corrected chi connectivity index (χ3v) is 5.14. The lowest BCUT2D eigenvalue weighted by atomic mass is 10.0. The van der Waals surface area contributed by atoms with E-state index in [1.165, 1.54) is 0 Å². The summed E-state index contributed by atoms with van der Waals surface area (Å²) in [6.07, 6.45) is 2.08. The number of amides is 3. The van der Waals surface area contributed by atoms with E-state index in [4.69, 9.17) is 0 Å². The zero-order valence-corrected chi connectivity index (χ0v) is 16.3. The molecule has 1 saturated heterocycles. The number of likely N-dealkylation sites (tertiary alicyclic amines) is 1. The van der Waals surface area contributed by atoms with Gasteiger partial charge in [-0.1, -0.05) is 36.4 Å². The van der Waals surface area contributed by atoms with Crippen LogP contribution in [0.2, 0.25) is 0 Å². The maximum absolute atomic E-state index is 12.9. The molecule has 0 spiro atoms. The van der Waals surface area contributed by atoms with Crippen LogP contribution < -0.4 is 5.32 Å². The Morgan fingerprint density at radius 1 is 1.00 bits per heavy atom. The largest absolute Gasteiger partial charge is 0.339 e. The van der Waals surface area contributed by atoms with Gasteiger partial charge in [0.25, 0.3) is 5.91 Å². The predicted molar refractivity (Wildman–Crippen MR) is 108 cm³/mol. The van der Waals surface area contributed by atoms with Gasteiger partial charge in [-0.15, -0.1) is 0 Å². The monoisotopic (exact) mass is 365 g/mol. The molecule has 5 nitrogen and oxygen atoms in total. The molecule has 2 aromatic rings. The molecule has 0 unspecified atom stereocenters. The molecule has 0 saturated carbocycles. The molecule has 0 atom stereocenters. The maximum atomic E-state index is 12.9. The van der Waals surface area contributed by atoms with Crippen molar-refractivity contribution in [2.75, 3.05) is 25.5 Å². The molecule has 3 rings (SSSR count). The van der Waals surface area contributed by atoms with Gasteiger partial charge < -0.3 is 15.1 Å². The number of anilines is 1. The van der Waals surface area contributed by atoms with E-state index in [0.717, 1.165) is 42.6 Å². The van der Waals surface area contributed by atoms with E-state index in [-0.39, 0.29) is 11.9 Å². The molecule has 3 amide bonds. The van der Waals surface area contributed by atoms with Crippen LogP contribution in [0.3, 0.4) is 0 Å². The van der Waals surface area contributed by atoms with Crippen LogP contribution >= 0.6 is 0 Å². The third kappa shape index (κ3) is 4.30. The van der Waals surface area contributed by atoms with Crippen molar-refractivity contribution in [3.8, 4) is 0 Å². The van der Waals surface area contributed by atoms with Crippen molar-refractivity contribution in [1.82, 2.24) is 9.80 Å². The van der Waals surface area contributed by atoms with Crippen LogP contribution in [0.1, 0.15) is 39.9 Å². The number of aryl methyl sites for hydroxylation is 2. The Morgan fingerprint density at radius 2 is 1.67 bits per heavy atom. The highest BCUT2D eigenvalue weighted by atomic mass is 16.2. The number of urea groups is 1. The van der Waals surface area contributed by atoms with Crippen molar-refractivity contribution in [1.29, 1.82) is 0 Å². The van der Waals surface area contributed by atoms with E-state index in [9.17, 15) is 9.59 Å². The second kappa shape index (κ2) is 8.25. The Labute approximate surface area is 161 Å². The van der Waals surface area contributed by atoms with Gasteiger partial charge in [0.2, 0.25) is 0 Å². The first-order valence-corrected chi connectivity index (χ1v) is 9.43. The smallest absolute Gasteiger partial charge is 0.321 e. The lowest BCUT2D eigenvalue weighted by molar-refractivity contribution is 0.0793. The summed E-state index contributed by atoms with van der Waals surface area (Å²) in [5.74, 6) is 0.00227. The number of nitrogens with one attached hydrogen (secondary N) is 1. The molecular formula is C22H27N3O2. The lowest BCUT2D eigenvalue weighted by Gasteiger charge is -2.22. The molecule has 1 fully saturated rings. The Hall–Kier alpha value is -2.82. The molecule has 142 valence electrons. The fourth-order valence-electron chi connectivity index (χ4n) is 3.46. The summed E-state index contributed by atoms with van der Waals surface area (Å²) in [6.45, 7) is 6.03. The molecule has 0 bridgehead atoms. The summed E-state index contributed by atoms with van der Waals surface area (Å²) < 4.78 is 0. The van der Waals surface area contributed by atoms with Gasteiger partial charge in [-0.3, -0.25) is 4.79 Å². The third-order valence-electron chi connectivity index (χ3n) is 5.14. The van der Waals surface area contributed by atoms with Crippen LogP contribution in [0, 0.1) is 13.8 Å². The summed E-state index contributed by atoms with van der Waals surface area (Å²) in [7, 11) is 1.76. The van der Waals surface area contributed by atoms with Gasteiger partial charge in [0.1, 0.15) is 0 Å². The van der Waals surface area contributed by atoms with Gasteiger partial charge >= 0.3 is 6.03 Å². The van der Waals surface area contributed by atoms with Crippen molar-refractivity contribution < 1.29 is 9.59 Å². The van der Waals surface area contributed by atoms with Gasteiger partial charge in [-0.05, 0) is 49.4 Å². The Bertz CT molecular complexity index is 841. The van der Waals surface area contributed by atoms with Crippen LogP contribution in [0.5, 0.6) is 0 Å². The number of carbonyl (C=O) groups excluding carboxylic acids is 2. The number of hydrogen-bond donors (Lipinski definition) is 1. The summed E-state index contributed by atoms with van der Waals surface area (Å²) in [5, 5.41) is 2.93. The highest BCUT2D eigenvalue weighted by Crippen LogP contribution is 2.24. The predicted octanol–water partition coefficient (Wildman–Crippen LogP) is 4.20. The molecule has 27 heavy (non-hydrogen) atoms. The van der Waals surface area contributed by atoms with Crippen molar-refractivity contribution in [2.24, 2.45) is 0 Å².